The zero-order valence-corrected chi connectivity index (χ0v) is 16.9. The van der Waals surface area contributed by atoms with Gasteiger partial charge in [0.2, 0.25) is 0 Å². The molecule has 152 valence electrons. The third kappa shape index (κ3) is 4.41. The van der Waals surface area contributed by atoms with Crippen molar-refractivity contribution >= 4 is 28.2 Å². The molecule has 0 aliphatic heterocycles. The van der Waals surface area contributed by atoms with Crippen LogP contribution in [0.2, 0.25) is 0 Å². The van der Waals surface area contributed by atoms with Crippen molar-refractivity contribution in [3.63, 3.8) is 0 Å². The Balaban J connectivity index is 1.48. The van der Waals surface area contributed by atoms with Crippen molar-refractivity contribution in [3.05, 3.63) is 98.3 Å². The van der Waals surface area contributed by atoms with E-state index in [1.807, 2.05) is 24.4 Å². The predicted molar refractivity (Wildman–Crippen MR) is 113 cm³/mol. The quantitative estimate of drug-likeness (QED) is 0.461. The zero-order chi connectivity index (χ0) is 21.1. The fraction of sp³-hybridized carbons (Fsp3) is 0.130. The van der Waals surface area contributed by atoms with Crippen LogP contribution in [0.25, 0.3) is 11.0 Å². The number of thiophene rings is 1. The highest BCUT2D eigenvalue weighted by atomic mass is 32.1. The van der Waals surface area contributed by atoms with Crippen LogP contribution in [0, 0.1) is 12.7 Å². The molecule has 0 radical (unpaired) electrons. The summed E-state index contributed by atoms with van der Waals surface area (Å²) in [6.07, 6.45) is 0. The van der Waals surface area contributed by atoms with Gasteiger partial charge in [0, 0.05) is 22.4 Å². The number of fused-ring (bicyclic) bond motifs is 1. The first-order valence-electron chi connectivity index (χ1n) is 9.25. The van der Waals surface area contributed by atoms with Gasteiger partial charge in [-0.3, -0.25) is 4.79 Å². The van der Waals surface area contributed by atoms with Crippen LogP contribution in [0.1, 0.15) is 22.0 Å². The van der Waals surface area contributed by atoms with E-state index in [1.165, 1.54) is 29.5 Å². The molecule has 4 rings (SSSR count). The Bertz CT molecular complexity index is 1230. The van der Waals surface area contributed by atoms with Crippen LogP contribution in [-0.2, 0) is 4.79 Å². The molecule has 0 bridgehead atoms. The number of carbonyl (C=O) groups is 1. The normalized spacial score (nSPS) is 11.9. The summed E-state index contributed by atoms with van der Waals surface area (Å²) in [5, 5.41) is 5.65. The molecule has 30 heavy (non-hydrogen) atoms. The van der Waals surface area contributed by atoms with Gasteiger partial charge in [-0.1, -0.05) is 18.2 Å². The molecule has 0 unspecified atom stereocenters. The van der Waals surface area contributed by atoms with E-state index in [-0.39, 0.29) is 18.3 Å². The summed E-state index contributed by atoms with van der Waals surface area (Å²) in [5.74, 6) is -0.249. The summed E-state index contributed by atoms with van der Waals surface area (Å²) in [5.41, 5.74) is 1.55. The first kappa shape index (κ1) is 19.8. The molecule has 1 atom stereocenters. The van der Waals surface area contributed by atoms with Gasteiger partial charge in [-0.05, 0) is 53.8 Å². The summed E-state index contributed by atoms with van der Waals surface area (Å²) in [6.45, 7) is 1.61. The van der Waals surface area contributed by atoms with Gasteiger partial charge in [0.1, 0.15) is 17.1 Å². The second-order valence-corrected chi connectivity index (χ2v) is 7.74. The molecule has 2 aromatic heterocycles. The molecule has 0 aliphatic rings. The molecule has 0 saturated carbocycles. The van der Waals surface area contributed by atoms with Crippen molar-refractivity contribution in [3.8, 4) is 5.75 Å². The number of benzene rings is 2. The minimum Gasteiger partial charge on any atom is -0.484 e. The van der Waals surface area contributed by atoms with Crippen LogP contribution in [-0.4, -0.2) is 12.5 Å². The fourth-order valence-electron chi connectivity index (χ4n) is 3.18. The molecule has 0 saturated heterocycles. The fourth-order valence-corrected chi connectivity index (χ4v) is 3.98. The lowest BCUT2D eigenvalue weighted by Crippen LogP contribution is -2.32. The zero-order valence-electron chi connectivity index (χ0n) is 16.1. The SMILES string of the molecule is Cc1cc(=O)oc2cc(OCC(=O)N[C@@H](c3ccc(F)cc3)c3cccs3)ccc12. The molecule has 1 N–H and O–H groups in total. The number of aryl methyl sites for hydroxylation is 1. The maximum absolute atomic E-state index is 13.3. The van der Waals surface area contributed by atoms with E-state index in [0.29, 0.717) is 11.3 Å². The Morgan fingerprint density at radius 3 is 2.70 bits per heavy atom. The largest absolute Gasteiger partial charge is 0.484 e. The molecule has 5 nitrogen and oxygen atoms in total. The standard InChI is InChI=1S/C23H18FNO4S/c1-14-11-22(27)29-19-12-17(8-9-18(14)19)28-13-21(26)25-23(20-3-2-10-30-20)15-4-6-16(24)7-5-15/h2-12,23H,13H2,1H3,(H,25,26)/t23-/m0/s1. The van der Waals surface area contributed by atoms with Crippen LogP contribution in [0.3, 0.4) is 0 Å². The Morgan fingerprint density at radius 2 is 1.97 bits per heavy atom. The first-order chi connectivity index (χ1) is 14.5. The molecule has 7 heteroatoms. The molecular formula is C23H18FNO4S. The van der Waals surface area contributed by atoms with E-state index in [9.17, 15) is 14.0 Å². The lowest BCUT2D eigenvalue weighted by atomic mass is 10.1. The van der Waals surface area contributed by atoms with Crippen LogP contribution in [0.5, 0.6) is 5.75 Å². The predicted octanol–water partition coefficient (Wildman–Crippen LogP) is 4.59. The Kier molecular flexibility index (Phi) is 5.63. The topological polar surface area (TPSA) is 68.5 Å². The minimum absolute atomic E-state index is 0.218. The Labute approximate surface area is 175 Å². The third-order valence-corrected chi connectivity index (χ3v) is 5.57. The number of hydrogen-bond acceptors (Lipinski definition) is 5. The molecule has 0 spiro atoms. The number of halogens is 1. The van der Waals surface area contributed by atoms with Gasteiger partial charge in [0.05, 0.1) is 6.04 Å². The highest BCUT2D eigenvalue weighted by Gasteiger charge is 2.18. The van der Waals surface area contributed by atoms with E-state index in [0.717, 1.165) is 21.4 Å². The summed E-state index contributed by atoms with van der Waals surface area (Å²) < 4.78 is 24.1. The van der Waals surface area contributed by atoms with Crippen molar-refractivity contribution in [1.82, 2.24) is 5.32 Å². The summed E-state index contributed by atoms with van der Waals surface area (Å²) in [4.78, 5) is 25.1. The molecule has 0 aliphatic carbocycles. The highest BCUT2D eigenvalue weighted by Crippen LogP contribution is 2.26. The van der Waals surface area contributed by atoms with Crippen molar-refractivity contribution in [2.75, 3.05) is 6.61 Å². The van der Waals surface area contributed by atoms with Gasteiger partial charge in [-0.15, -0.1) is 11.3 Å². The Morgan fingerprint density at radius 1 is 1.17 bits per heavy atom. The number of ether oxygens (including phenoxy) is 1. The molecular weight excluding hydrogens is 405 g/mol. The van der Waals surface area contributed by atoms with Crippen LogP contribution >= 0.6 is 11.3 Å². The molecule has 1 amide bonds. The maximum atomic E-state index is 13.3. The van der Waals surface area contributed by atoms with E-state index < -0.39 is 11.7 Å². The molecule has 4 aromatic rings. The van der Waals surface area contributed by atoms with Gasteiger partial charge in [-0.2, -0.15) is 0 Å². The Hall–Kier alpha value is -3.45. The van der Waals surface area contributed by atoms with Crippen LogP contribution < -0.4 is 15.7 Å². The van der Waals surface area contributed by atoms with E-state index >= 15 is 0 Å². The van der Waals surface area contributed by atoms with Gasteiger partial charge >= 0.3 is 5.63 Å². The minimum atomic E-state index is -0.437. The summed E-state index contributed by atoms with van der Waals surface area (Å²) in [7, 11) is 0. The van der Waals surface area contributed by atoms with Gasteiger partial charge in [0.25, 0.3) is 5.91 Å². The number of nitrogens with one attached hydrogen (secondary N) is 1. The second-order valence-electron chi connectivity index (χ2n) is 6.76. The average Bonchev–Trinajstić information content (AvgIpc) is 3.25. The second kappa shape index (κ2) is 8.51. The third-order valence-electron chi connectivity index (χ3n) is 4.63. The number of carbonyl (C=O) groups excluding carboxylic acids is 1. The number of rotatable bonds is 6. The van der Waals surface area contributed by atoms with E-state index in [1.54, 1.807) is 30.3 Å². The van der Waals surface area contributed by atoms with Crippen molar-refractivity contribution in [2.45, 2.75) is 13.0 Å². The number of amides is 1. The number of hydrogen-bond donors (Lipinski definition) is 1. The van der Waals surface area contributed by atoms with E-state index in [2.05, 4.69) is 5.32 Å². The van der Waals surface area contributed by atoms with Crippen molar-refractivity contribution < 1.29 is 18.3 Å². The maximum Gasteiger partial charge on any atom is 0.336 e. The smallest absolute Gasteiger partial charge is 0.336 e. The highest BCUT2D eigenvalue weighted by molar-refractivity contribution is 7.10. The molecule has 2 aromatic carbocycles. The van der Waals surface area contributed by atoms with Crippen LogP contribution in [0.15, 0.2) is 75.3 Å². The molecule has 0 fully saturated rings. The van der Waals surface area contributed by atoms with Gasteiger partial charge in [-0.25, -0.2) is 9.18 Å². The average molecular weight is 423 g/mol. The van der Waals surface area contributed by atoms with Crippen molar-refractivity contribution in [2.24, 2.45) is 0 Å². The summed E-state index contributed by atoms with van der Waals surface area (Å²) in [6, 6.07) is 15.9. The lowest BCUT2D eigenvalue weighted by Gasteiger charge is -2.18. The first-order valence-corrected chi connectivity index (χ1v) is 10.1. The van der Waals surface area contributed by atoms with Gasteiger partial charge in [0.15, 0.2) is 6.61 Å². The molecule has 2 heterocycles. The van der Waals surface area contributed by atoms with Crippen LogP contribution in [0.4, 0.5) is 4.39 Å². The summed E-state index contributed by atoms with van der Waals surface area (Å²) >= 11 is 1.50. The van der Waals surface area contributed by atoms with E-state index in [4.69, 9.17) is 9.15 Å². The van der Waals surface area contributed by atoms with Crippen molar-refractivity contribution in [1.29, 1.82) is 0 Å². The van der Waals surface area contributed by atoms with Gasteiger partial charge < -0.3 is 14.5 Å². The lowest BCUT2D eigenvalue weighted by molar-refractivity contribution is -0.123. The monoisotopic (exact) mass is 423 g/mol.